The molecule has 3 atom stereocenters. The Morgan fingerprint density at radius 3 is 2.56 bits per heavy atom. The average Bonchev–Trinajstić information content (AvgIpc) is 3.38. The lowest BCUT2D eigenvalue weighted by Gasteiger charge is -2.39. The number of halogens is 3. The predicted octanol–water partition coefficient (Wildman–Crippen LogP) is 5.71. The van der Waals surface area contributed by atoms with Gasteiger partial charge >= 0.3 is 6.09 Å². The zero-order valence-corrected chi connectivity index (χ0v) is 20.3. The van der Waals surface area contributed by atoms with Crippen LogP contribution in [-0.2, 0) is 4.74 Å². The average molecular weight is 492 g/mol. The first-order valence-corrected chi connectivity index (χ1v) is 12.0. The van der Waals surface area contributed by atoms with Crippen molar-refractivity contribution < 1.29 is 18.3 Å². The third-order valence-corrected chi connectivity index (χ3v) is 7.46. The van der Waals surface area contributed by atoms with Crippen molar-refractivity contribution in [2.75, 3.05) is 37.7 Å². The second kappa shape index (κ2) is 10.5. The van der Waals surface area contributed by atoms with Crippen LogP contribution in [0.2, 0.25) is 0 Å². The second-order valence-corrected chi connectivity index (χ2v) is 9.32. The van der Waals surface area contributed by atoms with E-state index in [9.17, 15) is 13.6 Å². The van der Waals surface area contributed by atoms with E-state index >= 15 is 0 Å². The van der Waals surface area contributed by atoms with E-state index in [4.69, 9.17) is 4.74 Å². The van der Waals surface area contributed by atoms with E-state index in [0.29, 0.717) is 13.2 Å². The van der Waals surface area contributed by atoms with Gasteiger partial charge in [0, 0.05) is 42.5 Å². The van der Waals surface area contributed by atoms with Crippen LogP contribution >= 0.6 is 12.4 Å². The van der Waals surface area contributed by atoms with Crippen molar-refractivity contribution in [2.45, 2.75) is 50.6 Å². The molecule has 34 heavy (non-hydrogen) atoms. The third-order valence-electron chi connectivity index (χ3n) is 7.46. The predicted molar refractivity (Wildman–Crippen MR) is 131 cm³/mol. The Morgan fingerprint density at radius 2 is 1.85 bits per heavy atom. The van der Waals surface area contributed by atoms with Crippen LogP contribution in [0.4, 0.5) is 25.0 Å². The monoisotopic (exact) mass is 491 g/mol. The summed E-state index contributed by atoms with van der Waals surface area (Å²) in [6.45, 7) is 6.11. The number of fused-ring (bicyclic) bond motifs is 3. The molecule has 0 saturated carbocycles. The summed E-state index contributed by atoms with van der Waals surface area (Å²) in [4.78, 5) is 18.5. The van der Waals surface area contributed by atoms with Crippen molar-refractivity contribution in [3.63, 3.8) is 0 Å². The van der Waals surface area contributed by atoms with Gasteiger partial charge in [0.1, 0.15) is 18.2 Å². The van der Waals surface area contributed by atoms with Gasteiger partial charge < -0.3 is 19.4 Å². The van der Waals surface area contributed by atoms with Crippen LogP contribution < -0.4 is 4.90 Å². The van der Waals surface area contributed by atoms with E-state index in [1.165, 1.54) is 18.2 Å². The number of likely N-dealkylation sites (tertiary alicyclic amines) is 1. The van der Waals surface area contributed by atoms with Crippen LogP contribution in [0, 0.1) is 11.6 Å². The normalized spacial score (nSPS) is 22.7. The Balaban J connectivity index is 0.00000274. The zero-order chi connectivity index (χ0) is 22.9. The Morgan fingerprint density at radius 1 is 1.09 bits per heavy atom. The van der Waals surface area contributed by atoms with Crippen LogP contribution in [0.5, 0.6) is 0 Å². The number of carbonyl (C=O) groups excluding carboxylic acids is 1. The lowest BCUT2D eigenvalue weighted by Crippen LogP contribution is -2.45. The van der Waals surface area contributed by atoms with E-state index in [1.54, 1.807) is 6.07 Å². The highest BCUT2D eigenvalue weighted by Gasteiger charge is 2.42. The number of rotatable bonds is 7. The summed E-state index contributed by atoms with van der Waals surface area (Å²) in [6, 6.07) is 12.1. The fraction of sp³-hybridized carbons (Fsp3) is 0.500. The molecule has 3 unspecified atom stereocenters. The number of piperidine rings is 1. The maximum atomic E-state index is 14.2. The molecule has 3 aliphatic heterocycles. The maximum absolute atomic E-state index is 14.2. The summed E-state index contributed by atoms with van der Waals surface area (Å²) in [6.07, 6.45) is 3.68. The van der Waals surface area contributed by atoms with Gasteiger partial charge in [-0.15, -0.1) is 12.4 Å². The molecule has 2 aromatic carbocycles. The van der Waals surface area contributed by atoms with Gasteiger partial charge in [-0.3, -0.25) is 0 Å². The molecule has 5 nitrogen and oxygen atoms in total. The molecular weight excluding hydrogens is 460 g/mol. The molecular formula is C26H32ClF2N3O2. The van der Waals surface area contributed by atoms with Gasteiger partial charge in [-0.05, 0) is 80.3 Å². The SMILES string of the molecule is CCC(CCCN1CCC2C(C1)c1cc(F)ccc1N2c1ccc(F)cc1)N1CCOC1=O.Cl. The molecule has 8 heteroatoms. The van der Waals surface area contributed by atoms with Crippen molar-refractivity contribution in [2.24, 2.45) is 0 Å². The molecule has 0 radical (unpaired) electrons. The van der Waals surface area contributed by atoms with Crippen molar-refractivity contribution >= 4 is 29.9 Å². The number of ether oxygens (including phenoxy) is 1. The quantitative estimate of drug-likeness (QED) is 0.497. The first-order valence-electron chi connectivity index (χ1n) is 12.0. The fourth-order valence-electron chi connectivity index (χ4n) is 5.85. The van der Waals surface area contributed by atoms with Gasteiger partial charge in [0.15, 0.2) is 0 Å². The van der Waals surface area contributed by atoms with E-state index in [1.807, 2.05) is 23.1 Å². The molecule has 0 spiro atoms. The van der Waals surface area contributed by atoms with Crippen molar-refractivity contribution in [1.29, 1.82) is 0 Å². The highest BCUT2D eigenvalue weighted by atomic mass is 35.5. The number of nitrogens with zero attached hydrogens (tertiary/aromatic N) is 3. The molecule has 184 valence electrons. The summed E-state index contributed by atoms with van der Waals surface area (Å²) in [5, 5.41) is 0. The third kappa shape index (κ3) is 4.73. The molecule has 1 amide bonds. The lowest BCUT2D eigenvalue weighted by molar-refractivity contribution is 0.141. The number of carbonyl (C=O) groups is 1. The van der Waals surface area contributed by atoms with Crippen LogP contribution in [0.3, 0.4) is 0 Å². The van der Waals surface area contributed by atoms with E-state index in [2.05, 4.69) is 16.7 Å². The topological polar surface area (TPSA) is 36.0 Å². The zero-order valence-electron chi connectivity index (χ0n) is 19.5. The van der Waals surface area contributed by atoms with E-state index < -0.39 is 0 Å². The number of anilines is 2. The minimum absolute atomic E-state index is 0. The number of benzene rings is 2. The maximum Gasteiger partial charge on any atom is 0.410 e. The highest BCUT2D eigenvalue weighted by molar-refractivity contribution is 5.85. The number of cyclic esters (lactones) is 1. The number of hydrogen-bond acceptors (Lipinski definition) is 4. The van der Waals surface area contributed by atoms with Crippen LogP contribution in [0.15, 0.2) is 42.5 Å². The molecule has 3 aliphatic rings. The van der Waals surface area contributed by atoms with Gasteiger partial charge in [-0.25, -0.2) is 13.6 Å². The highest BCUT2D eigenvalue weighted by Crippen LogP contribution is 2.48. The molecule has 0 aliphatic carbocycles. The van der Waals surface area contributed by atoms with Gasteiger partial charge in [0.2, 0.25) is 0 Å². The Kier molecular flexibility index (Phi) is 7.63. The van der Waals surface area contributed by atoms with Gasteiger partial charge in [0.25, 0.3) is 0 Å². The summed E-state index contributed by atoms with van der Waals surface area (Å²) in [7, 11) is 0. The molecule has 0 bridgehead atoms. The first-order chi connectivity index (χ1) is 16.0. The Hall–Kier alpha value is -2.38. The van der Waals surface area contributed by atoms with Crippen LogP contribution in [0.1, 0.15) is 44.1 Å². The van der Waals surface area contributed by atoms with Crippen LogP contribution in [0.25, 0.3) is 0 Å². The molecule has 2 fully saturated rings. The molecule has 3 heterocycles. The van der Waals surface area contributed by atoms with E-state index in [-0.39, 0.29) is 48.1 Å². The molecule has 2 saturated heterocycles. The lowest BCUT2D eigenvalue weighted by atomic mass is 9.88. The first kappa shape index (κ1) is 24.7. The molecule has 0 N–H and O–H groups in total. The minimum atomic E-state index is -0.253. The van der Waals surface area contributed by atoms with E-state index in [0.717, 1.165) is 62.3 Å². The smallest absolute Gasteiger partial charge is 0.410 e. The second-order valence-electron chi connectivity index (χ2n) is 9.32. The largest absolute Gasteiger partial charge is 0.448 e. The standard InChI is InChI=1S/C26H31F2N3O2.ClH/c1-2-20(30-14-15-33-26(30)32)4-3-12-29-13-11-25-23(17-29)22-16-19(28)7-10-24(22)31(25)21-8-5-18(27)6-9-21;/h5-10,16,20,23,25H,2-4,11-15,17H2,1H3;1H. The van der Waals surface area contributed by atoms with Gasteiger partial charge in [-0.2, -0.15) is 0 Å². The summed E-state index contributed by atoms with van der Waals surface area (Å²) in [5.74, 6) is -0.255. The minimum Gasteiger partial charge on any atom is -0.448 e. The summed E-state index contributed by atoms with van der Waals surface area (Å²) < 4.78 is 32.8. The Bertz CT molecular complexity index is 1010. The van der Waals surface area contributed by atoms with Crippen molar-refractivity contribution in [3.05, 3.63) is 59.7 Å². The number of amides is 1. The van der Waals surface area contributed by atoms with Crippen molar-refractivity contribution in [1.82, 2.24) is 9.80 Å². The van der Waals surface area contributed by atoms with Gasteiger partial charge in [-0.1, -0.05) is 6.92 Å². The van der Waals surface area contributed by atoms with Crippen LogP contribution in [-0.4, -0.2) is 60.8 Å². The summed E-state index contributed by atoms with van der Waals surface area (Å²) >= 11 is 0. The summed E-state index contributed by atoms with van der Waals surface area (Å²) in [5.41, 5.74) is 3.02. The molecule has 2 aromatic rings. The number of hydrogen-bond donors (Lipinski definition) is 0. The van der Waals surface area contributed by atoms with Crippen molar-refractivity contribution in [3.8, 4) is 0 Å². The molecule has 0 aromatic heterocycles. The Labute approximate surface area is 206 Å². The molecule has 5 rings (SSSR count). The fourth-order valence-corrected chi connectivity index (χ4v) is 5.85. The van der Waals surface area contributed by atoms with Gasteiger partial charge in [0.05, 0.1) is 6.54 Å².